The van der Waals surface area contributed by atoms with Gasteiger partial charge in [-0.25, -0.2) is 0 Å². The first kappa shape index (κ1) is 13.3. The molecule has 3 unspecified atom stereocenters. The summed E-state index contributed by atoms with van der Waals surface area (Å²) in [4.78, 5) is 26.3. The molecule has 0 radical (unpaired) electrons. The van der Waals surface area contributed by atoms with Crippen molar-refractivity contribution in [3.05, 3.63) is 29.8 Å². The number of nitrogens with two attached hydrogens (primary N) is 1. The van der Waals surface area contributed by atoms with E-state index in [4.69, 9.17) is 5.73 Å². The van der Waals surface area contributed by atoms with Gasteiger partial charge in [-0.05, 0) is 43.4 Å². The summed E-state index contributed by atoms with van der Waals surface area (Å²) in [6.07, 6.45) is 1.67. The first-order valence-electron chi connectivity index (χ1n) is 7.22. The van der Waals surface area contributed by atoms with Crippen molar-refractivity contribution < 1.29 is 9.59 Å². The molecule has 2 amide bonds. The number of benzene rings is 1. The molecule has 3 atom stereocenters. The lowest BCUT2D eigenvalue weighted by molar-refractivity contribution is -0.123. The Labute approximate surface area is 118 Å². The molecule has 1 heterocycles. The van der Waals surface area contributed by atoms with Gasteiger partial charge in [-0.3, -0.25) is 14.5 Å². The van der Waals surface area contributed by atoms with Gasteiger partial charge in [0.2, 0.25) is 11.8 Å². The van der Waals surface area contributed by atoms with E-state index < -0.39 is 0 Å². The number of rotatable bonds is 2. The molecule has 0 aromatic heterocycles. The van der Waals surface area contributed by atoms with Crippen molar-refractivity contribution in [1.82, 2.24) is 0 Å². The molecule has 1 aliphatic carbocycles. The predicted octanol–water partition coefficient (Wildman–Crippen LogP) is 2.24. The molecule has 1 saturated carbocycles. The Balaban J connectivity index is 1.88. The minimum absolute atomic E-state index is 0.0297. The third-order valence-electron chi connectivity index (χ3n) is 4.55. The third kappa shape index (κ3) is 1.95. The van der Waals surface area contributed by atoms with Gasteiger partial charge < -0.3 is 5.73 Å². The topological polar surface area (TPSA) is 63.4 Å². The van der Waals surface area contributed by atoms with Crippen LogP contribution in [0.25, 0.3) is 0 Å². The van der Waals surface area contributed by atoms with Crippen LogP contribution < -0.4 is 10.6 Å². The molecular weight excluding hydrogens is 252 g/mol. The van der Waals surface area contributed by atoms with Gasteiger partial charge in [0.05, 0.1) is 17.5 Å². The molecule has 1 aromatic rings. The second kappa shape index (κ2) is 4.70. The lowest BCUT2D eigenvalue weighted by atomic mass is 10.00. The Morgan fingerprint density at radius 1 is 1.10 bits per heavy atom. The van der Waals surface area contributed by atoms with E-state index in [1.54, 1.807) is 0 Å². The summed E-state index contributed by atoms with van der Waals surface area (Å²) in [5.74, 6) is 0.201. The molecular formula is C16H20N2O2. The van der Waals surface area contributed by atoms with Crippen molar-refractivity contribution in [2.24, 2.45) is 23.5 Å². The molecule has 0 spiro atoms. The maximum atomic E-state index is 12.4. The molecule has 2 N–H and O–H groups in total. The molecule has 106 valence electrons. The Morgan fingerprint density at radius 3 is 2.05 bits per heavy atom. The van der Waals surface area contributed by atoms with Crippen molar-refractivity contribution in [2.45, 2.75) is 32.7 Å². The van der Waals surface area contributed by atoms with Crippen LogP contribution in [-0.4, -0.2) is 11.8 Å². The second-order valence-corrected chi connectivity index (χ2v) is 6.18. The zero-order chi connectivity index (χ0) is 14.4. The van der Waals surface area contributed by atoms with Gasteiger partial charge in [-0.15, -0.1) is 0 Å². The monoisotopic (exact) mass is 272 g/mol. The standard InChI is InChI=1S/C16H20N2O2/c1-9-7-13-14(8-9)16(20)18(15(13)19)12-5-3-11(4-6-12)10(2)17/h3-6,9-10,13-14H,7-8,17H2,1-2H3. The van der Waals surface area contributed by atoms with Crippen LogP contribution in [0, 0.1) is 17.8 Å². The molecule has 1 saturated heterocycles. The number of hydrogen-bond donors (Lipinski definition) is 1. The van der Waals surface area contributed by atoms with Crippen LogP contribution in [0.2, 0.25) is 0 Å². The van der Waals surface area contributed by atoms with E-state index in [-0.39, 0.29) is 29.7 Å². The fraction of sp³-hybridized carbons (Fsp3) is 0.500. The molecule has 1 aliphatic heterocycles. The average Bonchev–Trinajstić information content (AvgIpc) is 2.90. The number of anilines is 1. The third-order valence-corrected chi connectivity index (χ3v) is 4.55. The summed E-state index contributed by atoms with van der Waals surface area (Å²) in [5.41, 5.74) is 7.49. The van der Waals surface area contributed by atoms with Crippen LogP contribution in [0.15, 0.2) is 24.3 Å². The van der Waals surface area contributed by atoms with E-state index >= 15 is 0 Å². The van der Waals surface area contributed by atoms with Gasteiger partial charge >= 0.3 is 0 Å². The van der Waals surface area contributed by atoms with Crippen LogP contribution in [0.1, 0.15) is 38.3 Å². The summed E-state index contributed by atoms with van der Waals surface area (Å²) >= 11 is 0. The largest absolute Gasteiger partial charge is 0.324 e. The van der Waals surface area contributed by atoms with Gasteiger partial charge in [0, 0.05) is 6.04 Å². The van der Waals surface area contributed by atoms with Crippen LogP contribution >= 0.6 is 0 Å². The van der Waals surface area contributed by atoms with Crippen LogP contribution in [0.5, 0.6) is 0 Å². The zero-order valence-electron chi connectivity index (χ0n) is 11.9. The summed E-state index contributed by atoms with van der Waals surface area (Å²) in [6.45, 7) is 4.02. The number of nitrogens with zero attached hydrogens (tertiary/aromatic N) is 1. The van der Waals surface area contributed by atoms with Gasteiger partial charge in [0.15, 0.2) is 0 Å². The van der Waals surface area contributed by atoms with Gasteiger partial charge in [-0.2, -0.15) is 0 Å². The number of imide groups is 1. The van der Waals surface area contributed by atoms with E-state index in [0.717, 1.165) is 18.4 Å². The Morgan fingerprint density at radius 2 is 1.60 bits per heavy atom. The quantitative estimate of drug-likeness (QED) is 0.840. The SMILES string of the molecule is CC1CC2C(=O)N(c3ccc(C(C)N)cc3)C(=O)C2C1. The summed E-state index contributed by atoms with van der Waals surface area (Å²) in [7, 11) is 0. The number of carbonyl (C=O) groups is 2. The van der Waals surface area contributed by atoms with Gasteiger partial charge in [0.1, 0.15) is 0 Å². The summed E-state index contributed by atoms with van der Waals surface area (Å²) in [6, 6.07) is 7.36. The van der Waals surface area contributed by atoms with Crippen molar-refractivity contribution in [3.63, 3.8) is 0 Å². The van der Waals surface area contributed by atoms with E-state index in [1.165, 1.54) is 4.90 Å². The highest BCUT2D eigenvalue weighted by Crippen LogP contribution is 2.44. The zero-order valence-corrected chi connectivity index (χ0v) is 11.9. The van der Waals surface area contributed by atoms with Gasteiger partial charge in [-0.1, -0.05) is 19.1 Å². The molecule has 2 fully saturated rings. The molecule has 4 nitrogen and oxygen atoms in total. The molecule has 4 heteroatoms. The fourth-order valence-electron chi connectivity index (χ4n) is 3.46. The number of carbonyl (C=O) groups excluding carboxylic acids is 2. The van der Waals surface area contributed by atoms with Crippen LogP contribution in [-0.2, 0) is 9.59 Å². The summed E-state index contributed by atoms with van der Waals surface area (Å²) in [5, 5.41) is 0. The Hall–Kier alpha value is -1.68. The highest BCUT2D eigenvalue weighted by Gasteiger charge is 2.52. The van der Waals surface area contributed by atoms with Crippen LogP contribution in [0.3, 0.4) is 0 Å². The smallest absolute Gasteiger partial charge is 0.237 e. The first-order valence-corrected chi connectivity index (χ1v) is 7.22. The van der Waals surface area contributed by atoms with E-state index in [2.05, 4.69) is 6.92 Å². The normalized spacial score (nSPS) is 30.8. The molecule has 20 heavy (non-hydrogen) atoms. The molecule has 1 aromatic carbocycles. The fourth-order valence-corrected chi connectivity index (χ4v) is 3.46. The Kier molecular flexibility index (Phi) is 3.13. The predicted molar refractivity (Wildman–Crippen MR) is 76.9 cm³/mol. The second-order valence-electron chi connectivity index (χ2n) is 6.18. The highest BCUT2D eigenvalue weighted by atomic mass is 16.2. The highest BCUT2D eigenvalue weighted by molar-refractivity contribution is 6.22. The molecule has 0 bridgehead atoms. The lowest BCUT2D eigenvalue weighted by Crippen LogP contribution is -2.32. The van der Waals surface area contributed by atoms with E-state index in [1.807, 2.05) is 31.2 Å². The maximum absolute atomic E-state index is 12.4. The minimum Gasteiger partial charge on any atom is -0.324 e. The molecule has 3 rings (SSSR count). The Bertz CT molecular complexity index is 526. The molecule has 2 aliphatic rings. The van der Waals surface area contributed by atoms with Crippen molar-refractivity contribution in [2.75, 3.05) is 4.90 Å². The number of amides is 2. The van der Waals surface area contributed by atoms with E-state index in [9.17, 15) is 9.59 Å². The maximum Gasteiger partial charge on any atom is 0.237 e. The number of hydrogen-bond acceptors (Lipinski definition) is 3. The first-order chi connectivity index (χ1) is 9.49. The lowest BCUT2D eigenvalue weighted by Gasteiger charge is -2.17. The minimum atomic E-state index is -0.106. The van der Waals surface area contributed by atoms with E-state index in [0.29, 0.717) is 11.6 Å². The average molecular weight is 272 g/mol. The van der Waals surface area contributed by atoms with Gasteiger partial charge in [0.25, 0.3) is 0 Å². The summed E-state index contributed by atoms with van der Waals surface area (Å²) < 4.78 is 0. The van der Waals surface area contributed by atoms with Crippen molar-refractivity contribution in [1.29, 1.82) is 0 Å². The van der Waals surface area contributed by atoms with Crippen molar-refractivity contribution >= 4 is 17.5 Å². The van der Waals surface area contributed by atoms with Crippen LogP contribution in [0.4, 0.5) is 5.69 Å². The van der Waals surface area contributed by atoms with Crippen molar-refractivity contribution in [3.8, 4) is 0 Å². The number of fused-ring (bicyclic) bond motifs is 1.